The average molecular weight is 443 g/mol. The molecule has 0 unspecified atom stereocenters. The van der Waals surface area contributed by atoms with Crippen molar-refractivity contribution in [2.24, 2.45) is 13.0 Å². The number of Topliss-reactive ketones (excluding diaryl/α,β-unsaturated/α-hetero) is 1. The molecule has 2 N–H and O–H groups in total. The normalized spacial score (nSPS) is 11.2. The number of carbonyl (C=O) groups excluding carboxylic acids is 2. The molecule has 3 rings (SSSR count). The van der Waals surface area contributed by atoms with Gasteiger partial charge in [0, 0.05) is 24.5 Å². The summed E-state index contributed by atoms with van der Waals surface area (Å²) < 4.78 is 17.8. The summed E-state index contributed by atoms with van der Waals surface area (Å²) in [5.74, 6) is -1.35. The molecule has 1 aromatic carbocycles. The lowest BCUT2D eigenvalue weighted by Crippen LogP contribution is -2.43. The predicted octanol–water partition coefficient (Wildman–Crippen LogP) is 1.89. The molecule has 2 heterocycles. The molecular weight excluding hydrogens is 418 g/mol. The number of hydrogen-bond acceptors (Lipinski definition) is 8. The first-order valence-electron chi connectivity index (χ1n) is 9.93. The molecule has 0 aliphatic heterocycles. The second kappa shape index (κ2) is 8.74. The Morgan fingerprint density at radius 1 is 1.22 bits per heavy atom. The molecule has 10 heteroatoms. The Labute approximate surface area is 183 Å². The van der Waals surface area contributed by atoms with Crippen molar-refractivity contribution in [1.82, 2.24) is 9.13 Å². The van der Waals surface area contributed by atoms with Gasteiger partial charge in [-0.3, -0.25) is 18.7 Å². The van der Waals surface area contributed by atoms with E-state index in [2.05, 4.69) is 0 Å². The van der Waals surface area contributed by atoms with Gasteiger partial charge in [-0.05, 0) is 31.0 Å². The van der Waals surface area contributed by atoms with Crippen molar-refractivity contribution in [2.75, 3.05) is 19.5 Å². The highest BCUT2D eigenvalue weighted by Crippen LogP contribution is 2.29. The van der Waals surface area contributed by atoms with Crippen LogP contribution >= 0.6 is 0 Å². The van der Waals surface area contributed by atoms with Crippen LogP contribution in [0.15, 0.2) is 32.2 Å². The number of esters is 1. The number of fused-ring (bicyclic) bond motifs is 1. The first kappa shape index (κ1) is 22.9. The summed E-state index contributed by atoms with van der Waals surface area (Å²) in [6.45, 7) is 4.90. The van der Waals surface area contributed by atoms with Crippen molar-refractivity contribution in [2.45, 2.75) is 27.3 Å². The molecular formula is C22H25N3O7. The molecule has 0 radical (unpaired) electrons. The Morgan fingerprint density at radius 3 is 2.53 bits per heavy atom. The van der Waals surface area contributed by atoms with Crippen LogP contribution in [-0.4, -0.2) is 34.6 Å². The molecule has 0 amide bonds. The zero-order chi connectivity index (χ0) is 23.7. The standard InChI is InChI=1S/C22H25N3O7/c1-11(2)9-25-19(23)17(20(27)24(4)22(25)29)15(26)10-31-21(28)18-12(3)14-8-13(30-5)6-7-16(14)32-18/h6-8,11H,9-10,23H2,1-5H3. The van der Waals surface area contributed by atoms with E-state index in [1.165, 1.54) is 14.2 Å². The molecule has 32 heavy (non-hydrogen) atoms. The van der Waals surface area contributed by atoms with E-state index < -0.39 is 35.2 Å². The van der Waals surface area contributed by atoms with E-state index in [1.54, 1.807) is 25.1 Å². The van der Waals surface area contributed by atoms with Gasteiger partial charge in [0.25, 0.3) is 5.56 Å². The molecule has 0 saturated carbocycles. The van der Waals surface area contributed by atoms with Crippen LogP contribution in [0.3, 0.4) is 0 Å². The van der Waals surface area contributed by atoms with E-state index in [9.17, 15) is 19.2 Å². The maximum Gasteiger partial charge on any atom is 0.375 e. The van der Waals surface area contributed by atoms with Crippen LogP contribution in [0.5, 0.6) is 5.75 Å². The third-order valence-corrected chi connectivity index (χ3v) is 5.07. The topological polar surface area (TPSA) is 136 Å². The molecule has 0 fully saturated rings. The van der Waals surface area contributed by atoms with Gasteiger partial charge in [-0.2, -0.15) is 0 Å². The summed E-state index contributed by atoms with van der Waals surface area (Å²) in [6, 6.07) is 5.07. The summed E-state index contributed by atoms with van der Waals surface area (Å²) in [4.78, 5) is 50.2. The largest absolute Gasteiger partial charge is 0.497 e. The van der Waals surface area contributed by atoms with Crippen LogP contribution in [0, 0.1) is 12.8 Å². The fourth-order valence-electron chi connectivity index (χ4n) is 3.38. The van der Waals surface area contributed by atoms with Crippen LogP contribution in [0.1, 0.15) is 40.3 Å². The van der Waals surface area contributed by atoms with Gasteiger partial charge in [-0.15, -0.1) is 0 Å². The van der Waals surface area contributed by atoms with E-state index in [1.807, 2.05) is 13.8 Å². The Bertz CT molecular complexity index is 1330. The number of ether oxygens (including phenoxy) is 2. The number of furan rings is 1. The Hall–Kier alpha value is -3.82. The Balaban J connectivity index is 1.88. The van der Waals surface area contributed by atoms with Crippen molar-refractivity contribution < 1.29 is 23.5 Å². The number of aromatic nitrogens is 2. The highest BCUT2D eigenvalue weighted by atomic mass is 16.5. The van der Waals surface area contributed by atoms with E-state index in [0.717, 1.165) is 9.13 Å². The lowest BCUT2D eigenvalue weighted by Gasteiger charge is -2.16. The van der Waals surface area contributed by atoms with Crippen LogP contribution < -0.4 is 21.7 Å². The van der Waals surface area contributed by atoms with Gasteiger partial charge >= 0.3 is 11.7 Å². The molecule has 3 aromatic rings. The maximum atomic E-state index is 12.7. The van der Waals surface area contributed by atoms with Crippen molar-refractivity contribution in [3.05, 3.63) is 55.9 Å². The minimum absolute atomic E-state index is 0.0444. The lowest BCUT2D eigenvalue weighted by atomic mass is 10.1. The summed E-state index contributed by atoms with van der Waals surface area (Å²) in [7, 11) is 2.79. The SMILES string of the molecule is COc1ccc2oc(C(=O)OCC(=O)c3c(N)n(CC(C)C)c(=O)n(C)c3=O)c(C)c2c1. The first-order valence-corrected chi connectivity index (χ1v) is 9.93. The number of anilines is 1. The molecule has 0 aliphatic rings. The number of ketones is 1. The van der Waals surface area contributed by atoms with Gasteiger partial charge in [0.05, 0.1) is 7.11 Å². The van der Waals surface area contributed by atoms with Crippen LogP contribution in [-0.2, 0) is 18.3 Å². The van der Waals surface area contributed by atoms with E-state index >= 15 is 0 Å². The molecule has 170 valence electrons. The molecule has 0 bridgehead atoms. The van der Waals surface area contributed by atoms with E-state index in [-0.39, 0.29) is 24.0 Å². The number of nitrogens with two attached hydrogens (primary N) is 1. The number of benzene rings is 1. The van der Waals surface area contributed by atoms with Crippen LogP contribution in [0.2, 0.25) is 0 Å². The number of nitrogens with zero attached hydrogens (tertiary/aromatic N) is 2. The second-order valence-corrected chi connectivity index (χ2v) is 7.83. The lowest BCUT2D eigenvalue weighted by molar-refractivity contribution is 0.0444. The van der Waals surface area contributed by atoms with Crippen molar-refractivity contribution in [3.8, 4) is 5.75 Å². The Kier molecular flexibility index (Phi) is 6.24. The highest BCUT2D eigenvalue weighted by Gasteiger charge is 2.25. The maximum absolute atomic E-state index is 12.7. The zero-order valence-corrected chi connectivity index (χ0v) is 18.6. The Morgan fingerprint density at radius 2 is 1.91 bits per heavy atom. The number of rotatable bonds is 7. The first-order chi connectivity index (χ1) is 15.1. The van der Waals surface area contributed by atoms with Gasteiger partial charge < -0.3 is 19.6 Å². The molecule has 0 atom stereocenters. The minimum atomic E-state index is -0.864. The fourth-order valence-corrected chi connectivity index (χ4v) is 3.38. The van der Waals surface area contributed by atoms with Crippen LogP contribution in [0.25, 0.3) is 11.0 Å². The number of methoxy groups -OCH3 is 1. The number of aryl methyl sites for hydroxylation is 1. The molecule has 0 saturated heterocycles. The van der Waals surface area contributed by atoms with Gasteiger partial charge in [-0.25, -0.2) is 9.59 Å². The summed E-state index contributed by atoms with van der Waals surface area (Å²) in [6.07, 6.45) is 0. The summed E-state index contributed by atoms with van der Waals surface area (Å²) >= 11 is 0. The monoisotopic (exact) mass is 443 g/mol. The number of carbonyl (C=O) groups is 2. The van der Waals surface area contributed by atoms with Gasteiger partial charge in [0.2, 0.25) is 11.5 Å². The van der Waals surface area contributed by atoms with E-state index in [0.29, 0.717) is 22.3 Å². The highest BCUT2D eigenvalue weighted by molar-refractivity contribution is 6.02. The molecule has 0 aliphatic carbocycles. The van der Waals surface area contributed by atoms with Crippen molar-refractivity contribution in [3.63, 3.8) is 0 Å². The smallest absolute Gasteiger partial charge is 0.375 e. The number of hydrogen-bond donors (Lipinski definition) is 1. The van der Waals surface area contributed by atoms with Gasteiger partial charge in [0.1, 0.15) is 22.7 Å². The van der Waals surface area contributed by atoms with Gasteiger partial charge in [-0.1, -0.05) is 13.8 Å². The number of nitrogen functional groups attached to an aromatic ring is 1. The van der Waals surface area contributed by atoms with Gasteiger partial charge in [0.15, 0.2) is 6.61 Å². The second-order valence-electron chi connectivity index (χ2n) is 7.83. The quantitative estimate of drug-likeness (QED) is 0.432. The molecule has 2 aromatic heterocycles. The van der Waals surface area contributed by atoms with E-state index in [4.69, 9.17) is 19.6 Å². The van der Waals surface area contributed by atoms with Crippen LogP contribution in [0.4, 0.5) is 5.82 Å². The van der Waals surface area contributed by atoms with Crippen molar-refractivity contribution >= 4 is 28.5 Å². The fraction of sp³-hybridized carbons (Fsp3) is 0.364. The predicted molar refractivity (Wildman–Crippen MR) is 117 cm³/mol. The van der Waals surface area contributed by atoms with Crippen molar-refractivity contribution in [1.29, 1.82) is 0 Å². The average Bonchev–Trinajstić information content (AvgIpc) is 3.09. The minimum Gasteiger partial charge on any atom is -0.497 e. The third-order valence-electron chi connectivity index (χ3n) is 5.07. The molecule has 10 nitrogen and oxygen atoms in total. The molecule has 0 spiro atoms. The zero-order valence-electron chi connectivity index (χ0n) is 18.6. The summed E-state index contributed by atoms with van der Waals surface area (Å²) in [5, 5.41) is 0.668. The third kappa shape index (κ3) is 4.03. The summed E-state index contributed by atoms with van der Waals surface area (Å²) in [5.41, 5.74) is 5.10.